The zero-order valence-electron chi connectivity index (χ0n) is 31.3. The van der Waals surface area contributed by atoms with E-state index in [2.05, 4.69) is 146 Å². The maximum atomic E-state index is 11.3. The number of hydrogen-bond acceptors (Lipinski definition) is 3. The number of rotatable bonds is 7. The van der Waals surface area contributed by atoms with Crippen LogP contribution in [0.2, 0.25) is 0 Å². The van der Waals surface area contributed by atoms with Gasteiger partial charge in [-0.3, -0.25) is 0 Å². The van der Waals surface area contributed by atoms with E-state index < -0.39 is 5.41 Å². The number of aliphatic hydroxyl groups excluding tert-OH is 1. The van der Waals surface area contributed by atoms with Gasteiger partial charge in [0, 0.05) is 50.3 Å². The molecule has 55 heavy (non-hydrogen) atoms. The summed E-state index contributed by atoms with van der Waals surface area (Å²) in [5, 5.41) is 13.9. The predicted octanol–water partition coefficient (Wildman–Crippen LogP) is 11.6. The molecule has 2 unspecified atom stereocenters. The lowest BCUT2D eigenvalue weighted by molar-refractivity contribution is 0.225. The van der Waals surface area contributed by atoms with Crippen LogP contribution in [0.1, 0.15) is 49.1 Å². The first-order chi connectivity index (χ1) is 26.9. The first-order valence-electron chi connectivity index (χ1n) is 19.5. The summed E-state index contributed by atoms with van der Waals surface area (Å²) in [5.41, 5.74) is 12.9. The van der Waals surface area contributed by atoms with Crippen LogP contribution in [0.4, 0.5) is 0 Å². The molecule has 10 rings (SSSR count). The third-order valence-electron chi connectivity index (χ3n) is 12.2. The van der Waals surface area contributed by atoms with Crippen LogP contribution in [0, 0.1) is 5.92 Å². The molecule has 1 N–H and O–H groups in total. The standard InChI is InChI=1S/C51H43N3O/c1-50(2)43-25-24-38(27-40(43)41-28-42-39-22-12-13-23-47(39)54(48(42)29-44(41)50)32-34-15-6-3-7-16-34)51(33-55)26-14-21-37(31-51)46-30-45(35-17-8-4-9-18-35)52-49(53-46)36-19-10-5-11-20-36/h3-15,17-25,27-31,34,55H,16,26,32-33H2,1-2H3. The Bertz CT molecular complexity index is 2690. The fraction of sp³-hybridized carbons (Fsp3) is 0.176. The van der Waals surface area contributed by atoms with Crippen LogP contribution in [0.15, 0.2) is 164 Å². The third-order valence-corrected chi connectivity index (χ3v) is 12.2. The molecule has 7 aromatic rings. The molecular formula is C51H43N3O. The van der Waals surface area contributed by atoms with Crippen LogP contribution in [0.25, 0.3) is 61.2 Å². The molecule has 0 radical (unpaired) electrons. The number of aromatic nitrogens is 3. The molecule has 0 bridgehead atoms. The highest BCUT2D eigenvalue weighted by atomic mass is 16.3. The van der Waals surface area contributed by atoms with Gasteiger partial charge in [0.15, 0.2) is 5.82 Å². The number of hydrogen-bond donors (Lipinski definition) is 1. The second-order valence-electron chi connectivity index (χ2n) is 16.0. The van der Waals surface area contributed by atoms with Gasteiger partial charge in [-0.25, -0.2) is 9.97 Å². The van der Waals surface area contributed by atoms with Crippen molar-refractivity contribution < 1.29 is 5.11 Å². The van der Waals surface area contributed by atoms with Crippen molar-refractivity contribution in [2.24, 2.45) is 5.92 Å². The highest BCUT2D eigenvalue weighted by Crippen LogP contribution is 2.52. The first kappa shape index (κ1) is 33.5. The van der Waals surface area contributed by atoms with Gasteiger partial charge in [-0.15, -0.1) is 0 Å². The zero-order valence-corrected chi connectivity index (χ0v) is 31.3. The Hall–Kier alpha value is -6.10. The number of para-hydroxylation sites is 1. The molecule has 0 saturated heterocycles. The van der Waals surface area contributed by atoms with E-state index in [-0.39, 0.29) is 12.0 Å². The largest absolute Gasteiger partial charge is 0.395 e. The van der Waals surface area contributed by atoms with Crippen molar-refractivity contribution in [1.29, 1.82) is 0 Å². The van der Waals surface area contributed by atoms with E-state index >= 15 is 0 Å². The van der Waals surface area contributed by atoms with Gasteiger partial charge in [0.1, 0.15) is 0 Å². The second kappa shape index (κ2) is 13.0. The minimum absolute atomic E-state index is 0.0185. The number of benzene rings is 5. The van der Waals surface area contributed by atoms with E-state index in [4.69, 9.17) is 9.97 Å². The monoisotopic (exact) mass is 713 g/mol. The van der Waals surface area contributed by atoms with Gasteiger partial charge in [0.25, 0.3) is 0 Å². The molecule has 2 heterocycles. The van der Waals surface area contributed by atoms with E-state index in [1.54, 1.807) is 0 Å². The van der Waals surface area contributed by atoms with Gasteiger partial charge < -0.3 is 9.67 Å². The molecule has 4 nitrogen and oxygen atoms in total. The minimum atomic E-state index is -0.612. The molecule has 3 aliphatic carbocycles. The van der Waals surface area contributed by atoms with Crippen LogP contribution >= 0.6 is 0 Å². The van der Waals surface area contributed by atoms with Crippen molar-refractivity contribution in [2.75, 3.05) is 6.61 Å². The lowest BCUT2D eigenvalue weighted by Gasteiger charge is -2.32. The van der Waals surface area contributed by atoms with Gasteiger partial charge in [-0.05, 0) is 82.5 Å². The molecule has 0 fully saturated rings. The molecule has 3 aliphatic rings. The highest BCUT2D eigenvalue weighted by Gasteiger charge is 2.39. The molecule has 0 saturated carbocycles. The van der Waals surface area contributed by atoms with Gasteiger partial charge in [0.05, 0.1) is 18.0 Å². The quantitative estimate of drug-likeness (QED) is 0.179. The average Bonchev–Trinajstić information content (AvgIpc) is 3.67. The number of fused-ring (bicyclic) bond motifs is 6. The molecular weight excluding hydrogens is 671 g/mol. The molecule has 5 aromatic carbocycles. The Morgan fingerprint density at radius 1 is 0.691 bits per heavy atom. The minimum Gasteiger partial charge on any atom is -0.395 e. The molecule has 2 atom stereocenters. The highest BCUT2D eigenvalue weighted by molar-refractivity contribution is 6.10. The van der Waals surface area contributed by atoms with Crippen LogP contribution in [0.3, 0.4) is 0 Å². The number of nitrogens with zero attached hydrogens (tertiary/aromatic N) is 3. The summed E-state index contributed by atoms with van der Waals surface area (Å²) in [6, 6.07) is 43.2. The predicted molar refractivity (Wildman–Crippen MR) is 227 cm³/mol. The Kier molecular flexibility index (Phi) is 7.93. The summed E-state index contributed by atoms with van der Waals surface area (Å²) in [7, 11) is 0. The van der Waals surface area contributed by atoms with Gasteiger partial charge in [-0.2, -0.15) is 0 Å². The zero-order chi connectivity index (χ0) is 37.1. The summed E-state index contributed by atoms with van der Waals surface area (Å²) in [4.78, 5) is 10.1. The maximum absolute atomic E-state index is 11.3. The molecule has 4 heteroatoms. The summed E-state index contributed by atoms with van der Waals surface area (Å²) in [6.07, 6.45) is 17.3. The maximum Gasteiger partial charge on any atom is 0.160 e. The second-order valence-corrected chi connectivity index (χ2v) is 16.0. The van der Waals surface area contributed by atoms with Crippen molar-refractivity contribution >= 4 is 27.4 Å². The smallest absolute Gasteiger partial charge is 0.160 e. The van der Waals surface area contributed by atoms with E-state index in [0.29, 0.717) is 18.2 Å². The van der Waals surface area contributed by atoms with E-state index in [1.807, 2.05) is 36.4 Å². The van der Waals surface area contributed by atoms with E-state index in [9.17, 15) is 5.11 Å². The fourth-order valence-electron chi connectivity index (χ4n) is 9.23. The van der Waals surface area contributed by atoms with Crippen LogP contribution in [-0.4, -0.2) is 26.2 Å². The van der Waals surface area contributed by atoms with Crippen LogP contribution in [0.5, 0.6) is 0 Å². The van der Waals surface area contributed by atoms with Crippen LogP contribution < -0.4 is 0 Å². The SMILES string of the molecule is CC1(C)c2ccc(C3(CO)C=C(c4cc(-c5ccccc5)nc(-c5ccccc5)n4)C=CC3)cc2-c2cc3c4ccccc4n(CC4C=CC=CC4)c3cc21. The van der Waals surface area contributed by atoms with Crippen LogP contribution in [-0.2, 0) is 17.4 Å². The van der Waals surface area contributed by atoms with Crippen molar-refractivity contribution in [3.8, 4) is 33.8 Å². The Morgan fingerprint density at radius 2 is 1.44 bits per heavy atom. The van der Waals surface area contributed by atoms with Gasteiger partial charge >= 0.3 is 0 Å². The van der Waals surface area contributed by atoms with Crippen molar-refractivity contribution in [2.45, 2.75) is 44.1 Å². The number of allylic oxidation sites excluding steroid dienone is 7. The third kappa shape index (κ3) is 5.55. The lowest BCUT2D eigenvalue weighted by atomic mass is 9.73. The first-order valence-corrected chi connectivity index (χ1v) is 19.5. The van der Waals surface area contributed by atoms with Gasteiger partial charge in [0.2, 0.25) is 0 Å². The van der Waals surface area contributed by atoms with E-state index in [0.717, 1.165) is 46.6 Å². The van der Waals surface area contributed by atoms with E-state index in [1.165, 1.54) is 44.1 Å². The summed E-state index contributed by atoms with van der Waals surface area (Å²) < 4.78 is 2.55. The lowest BCUT2D eigenvalue weighted by Crippen LogP contribution is -2.29. The molecule has 0 aliphatic heterocycles. The van der Waals surface area contributed by atoms with Crippen molar-refractivity contribution in [1.82, 2.24) is 14.5 Å². The molecule has 268 valence electrons. The Morgan fingerprint density at radius 3 is 2.22 bits per heavy atom. The average molecular weight is 714 g/mol. The fourth-order valence-corrected chi connectivity index (χ4v) is 9.23. The topological polar surface area (TPSA) is 50.9 Å². The normalized spacial score (nSPS) is 19.5. The van der Waals surface area contributed by atoms with Crippen molar-refractivity contribution in [3.63, 3.8) is 0 Å². The summed E-state index contributed by atoms with van der Waals surface area (Å²) >= 11 is 0. The number of aliphatic hydroxyl groups is 1. The summed E-state index contributed by atoms with van der Waals surface area (Å²) in [6.45, 7) is 5.65. The molecule has 2 aromatic heterocycles. The Labute approximate surface area is 322 Å². The summed E-state index contributed by atoms with van der Waals surface area (Å²) in [5.74, 6) is 1.15. The van der Waals surface area contributed by atoms with Crippen molar-refractivity contribution in [3.05, 3.63) is 186 Å². The van der Waals surface area contributed by atoms with Gasteiger partial charge in [-0.1, -0.05) is 147 Å². The molecule has 0 amide bonds. The molecule has 0 spiro atoms. The Balaban J connectivity index is 1.09.